The van der Waals surface area contributed by atoms with Gasteiger partial charge in [-0.1, -0.05) is 0 Å². The molecule has 3 aromatic rings. The lowest BCUT2D eigenvalue weighted by molar-refractivity contribution is 0.0701. The van der Waals surface area contributed by atoms with Gasteiger partial charge in [0.05, 0.1) is 11.9 Å². The largest absolute Gasteiger partial charge is 0.477 e. The number of carbonyl (C=O) groups is 1. The van der Waals surface area contributed by atoms with Crippen LogP contribution in [-0.2, 0) is 0 Å². The summed E-state index contributed by atoms with van der Waals surface area (Å²) in [6, 6.07) is 0. The normalized spacial score (nSPS) is 11.1. The minimum absolute atomic E-state index is 0.249. The van der Waals surface area contributed by atoms with Crippen LogP contribution < -0.4 is 0 Å². The number of aromatic nitrogens is 3. The molecule has 0 amide bonds. The van der Waals surface area contributed by atoms with Crippen molar-refractivity contribution in [2.45, 2.75) is 6.92 Å². The molecule has 0 bridgehead atoms. The van der Waals surface area contributed by atoms with Crippen molar-refractivity contribution in [1.82, 2.24) is 14.4 Å². The lowest BCUT2D eigenvalue weighted by Crippen LogP contribution is -1.94. The zero-order valence-corrected chi connectivity index (χ0v) is 9.56. The summed E-state index contributed by atoms with van der Waals surface area (Å²) in [5, 5.41) is 9.60. The highest BCUT2D eigenvalue weighted by Gasteiger charge is 2.17. The number of nitrogens with zero attached hydrogens (tertiary/aromatic N) is 3. The fraction of sp³-hybridized carbons (Fsp3) is 0.100. The number of hydrogen-bond acceptors (Lipinski definition) is 5. The van der Waals surface area contributed by atoms with Gasteiger partial charge in [0, 0.05) is 6.20 Å². The molecular formula is C10H7N3O3S. The van der Waals surface area contributed by atoms with Crippen LogP contribution in [0.2, 0.25) is 0 Å². The molecule has 6 nitrogen and oxygen atoms in total. The van der Waals surface area contributed by atoms with Gasteiger partial charge in [0.1, 0.15) is 21.8 Å². The topological polar surface area (TPSA) is 80.6 Å². The zero-order valence-electron chi connectivity index (χ0n) is 8.75. The van der Waals surface area contributed by atoms with E-state index in [-0.39, 0.29) is 4.88 Å². The third kappa shape index (κ3) is 1.43. The number of imidazole rings is 1. The first-order chi connectivity index (χ1) is 8.16. The van der Waals surface area contributed by atoms with Crippen molar-refractivity contribution in [3.63, 3.8) is 0 Å². The van der Waals surface area contributed by atoms with Gasteiger partial charge in [-0.3, -0.25) is 4.40 Å². The van der Waals surface area contributed by atoms with Crippen LogP contribution in [0.4, 0.5) is 0 Å². The Hall–Kier alpha value is -2.15. The Morgan fingerprint density at radius 2 is 2.41 bits per heavy atom. The lowest BCUT2D eigenvalue weighted by atomic mass is 10.4. The highest BCUT2D eigenvalue weighted by molar-refractivity contribution is 7.17. The van der Waals surface area contributed by atoms with E-state index < -0.39 is 5.97 Å². The van der Waals surface area contributed by atoms with Gasteiger partial charge in [-0.25, -0.2) is 14.8 Å². The van der Waals surface area contributed by atoms with Crippen molar-refractivity contribution in [1.29, 1.82) is 0 Å². The van der Waals surface area contributed by atoms with Crippen LogP contribution in [0.1, 0.15) is 15.4 Å². The highest BCUT2D eigenvalue weighted by atomic mass is 32.1. The van der Waals surface area contributed by atoms with Crippen molar-refractivity contribution in [3.05, 3.63) is 29.2 Å². The average molecular weight is 249 g/mol. The van der Waals surface area contributed by atoms with Gasteiger partial charge >= 0.3 is 11.8 Å². The summed E-state index contributed by atoms with van der Waals surface area (Å²) < 4.78 is 6.84. The summed E-state index contributed by atoms with van der Waals surface area (Å²) in [4.78, 5) is 19.5. The van der Waals surface area contributed by atoms with E-state index in [0.29, 0.717) is 16.5 Å². The monoisotopic (exact) mass is 249 g/mol. The molecule has 3 aromatic heterocycles. The third-order valence-corrected chi connectivity index (χ3v) is 3.52. The Kier molecular flexibility index (Phi) is 2.02. The van der Waals surface area contributed by atoms with E-state index in [1.165, 1.54) is 6.26 Å². The molecule has 17 heavy (non-hydrogen) atoms. The second-order valence-corrected chi connectivity index (χ2v) is 4.44. The number of rotatable bonds is 2. The van der Waals surface area contributed by atoms with Gasteiger partial charge in [-0.05, 0) is 6.92 Å². The molecule has 1 N–H and O–H groups in total. The van der Waals surface area contributed by atoms with Crippen molar-refractivity contribution in [2.24, 2.45) is 0 Å². The van der Waals surface area contributed by atoms with Gasteiger partial charge in [-0.15, -0.1) is 11.3 Å². The Labute approximate surface area is 99.2 Å². The van der Waals surface area contributed by atoms with Crippen LogP contribution in [0.5, 0.6) is 0 Å². The van der Waals surface area contributed by atoms with Crippen LogP contribution >= 0.6 is 11.3 Å². The third-order valence-electron chi connectivity index (χ3n) is 2.36. The SMILES string of the molecule is Cc1nc(-c2cnc3occn23)sc1C(=O)O. The predicted octanol–water partition coefficient (Wildman–Crippen LogP) is 2.06. The molecule has 0 aliphatic carbocycles. The van der Waals surface area contributed by atoms with E-state index in [1.807, 2.05) is 0 Å². The standard InChI is InChI=1S/C10H7N3O3S/c1-5-7(9(14)15)17-8(12-5)6-4-11-10-13(6)2-3-16-10/h2-4H,1H3,(H,14,15). The van der Waals surface area contributed by atoms with E-state index in [4.69, 9.17) is 9.52 Å². The summed E-state index contributed by atoms with van der Waals surface area (Å²) in [5.41, 5.74) is 1.24. The van der Waals surface area contributed by atoms with Gasteiger partial charge < -0.3 is 9.52 Å². The maximum Gasteiger partial charge on any atom is 0.347 e. The van der Waals surface area contributed by atoms with Gasteiger partial charge in [-0.2, -0.15) is 0 Å². The Balaban J connectivity index is 2.19. The van der Waals surface area contributed by atoms with Crippen LogP contribution in [0.3, 0.4) is 0 Å². The number of fused-ring (bicyclic) bond motifs is 1. The van der Waals surface area contributed by atoms with E-state index in [1.54, 1.807) is 23.7 Å². The number of oxazole rings is 1. The van der Waals surface area contributed by atoms with Crippen LogP contribution in [0, 0.1) is 6.92 Å². The fourth-order valence-corrected chi connectivity index (χ4v) is 2.50. The van der Waals surface area contributed by atoms with Crippen molar-refractivity contribution in [2.75, 3.05) is 0 Å². The molecule has 0 unspecified atom stereocenters. The van der Waals surface area contributed by atoms with Crippen molar-refractivity contribution in [3.8, 4) is 10.7 Å². The number of hydrogen-bond donors (Lipinski definition) is 1. The molecule has 3 rings (SSSR count). The minimum Gasteiger partial charge on any atom is -0.477 e. The molecule has 0 aliphatic heterocycles. The number of carboxylic acids is 1. The molecule has 0 aromatic carbocycles. The first kappa shape index (κ1) is 10.0. The van der Waals surface area contributed by atoms with E-state index in [9.17, 15) is 4.79 Å². The van der Waals surface area contributed by atoms with Crippen LogP contribution in [-0.4, -0.2) is 25.4 Å². The second-order valence-electron chi connectivity index (χ2n) is 3.44. The predicted molar refractivity (Wildman–Crippen MR) is 60.3 cm³/mol. The maximum absolute atomic E-state index is 10.9. The Morgan fingerprint density at radius 3 is 3.12 bits per heavy atom. The molecular weight excluding hydrogens is 242 g/mol. The minimum atomic E-state index is -0.959. The smallest absolute Gasteiger partial charge is 0.347 e. The summed E-state index contributed by atoms with van der Waals surface area (Å²) in [5.74, 6) is -0.496. The van der Waals surface area contributed by atoms with Gasteiger partial charge in [0.2, 0.25) is 0 Å². The summed E-state index contributed by atoms with van der Waals surface area (Å²) in [6.45, 7) is 1.68. The van der Waals surface area contributed by atoms with Crippen molar-refractivity contribution < 1.29 is 14.3 Å². The first-order valence-corrected chi connectivity index (χ1v) is 5.60. The van der Waals surface area contributed by atoms with Gasteiger partial charge in [0.25, 0.3) is 0 Å². The Bertz CT molecular complexity index is 709. The number of carboxylic acid groups (broad SMARTS) is 1. The second kappa shape index (κ2) is 3.42. The molecule has 86 valence electrons. The molecule has 0 aliphatic rings. The zero-order chi connectivity index (χ0) is 12.0. The molecule has 0 fully saturated rings. The number of thiazole rings is 1. The summed E-state index contributed by atoms with van der Waals surface area (Å²) in [6.07, 6.45) is 4.85. The van der Waals surface area contributed by atoms with Crippen LogP contribution in [0.25, 0.3) is 16.5 Å². The molecule has 7 heteroatoms. The van der Waals surface area contributed by atoms with Crippen molar-refractivity contribution >= 4 is 23.2 Å². The molecule has 0 spiro atoms. The van der Waals surface area contributed by atoms with E-state index in [0.717, 1.165) is 17.0 Å². The van der Waals surface area contributed by atoms with Gasteiger partial charge in [0.15, 0.2) is 0 Å². The first-order valence-electron chi connectivity index (χ1n) is 4.78. The molecule has 3 heterocycles. The fourth-order valence-electron chi connectivity index (χ4n) is 1.59. The van der Waals surface area contributed by atoms with E-state index in [2.05, 4.69) is 9.97 Å². The number of aromatic carboxylic acids is 1. The van der Waals surface area contributed by atoms with E-state index >= 15 is 0 Å². The quantitative estimate of drug-likeness (QED) is 0.751. The molecule has 0 atom stereocenters. The molecule has 0 radical (unpaired) electrons. The average Bonchev–Trinajstić information content (AvgIpc) is 2.89. The van der Waals surface area contributed by atoms with Crippen LogP contribution in [0.15, 0.2) is 23.1 Å². The molecule has 0 saturated heterocycles. The Morgan fingerprint density at radius 1 is 1.59 bits per heavy atom. The highest BCUT2D eigenvalue weighted by Crippen LogP contribution is 2.28. The lowest BCUT2D eigenvalue weighted by Gasteiger charge is -1.90. The maximum atomic E-state index is 10.9. The summed E-state index contributed by atoms with van der Waals surface area (Å²) >= 11 is 1.13. The summed E-state index contributed by atoms with van der Waals surface area (Å²) in [7, 11) is 0. The number of aryl methyl sites for hydroxylation is 1. The molecule has 0 saturated carbocycles.